The number of piperazine rings is 1. The molecular weight excluding hydrogens is 350 g/mol. The number of carbonyl (C=O) groups excluding carboxylic acids is 1. The van der Waals surface area contributed by atoms with Gasteiger partial charge in [0.25, 0.3) is 5.91 Å². The van der Waals surface area contributed by atoms with E-state index in [-0.39, 0.29) is 10.8 Å². The van der Waals surface area contributed by atoms with Crippen LogP contribution in [-0.2, 0) is 14.8 Å². The minimum atomic E-state index is -3.52. The van der Waals surface area contributed by atoms with Crippen LogP contribution in [0.15, 0.2) is 29.2 Å². The number of quaternary nitrogens is 1. The summed E-state index contributed by atoms with van der Waals surface area (Å²) in [5, 5.41) is 3.30. The van der Waals surface area contributed by atoms with E-state index >= 15 is 0 Å². The Hall–Kier alpha value is -1.15. The number of sulfonamides is 1. The van der Waals surface area contributed by atoms with Gasteiger partial charge in [-0.05, 0) is 24.6 Å². The number of benzene rings is 1. The third-order valence-corrected chi connectivity index (χ3v) is 6.26. The van der Waals surface area contributed by atoms with Crippen molar-refractivity contribution in [1.82, 2.24) is 9.62 Å². The zero-order valence-electron chi connectivity index (χ0n) is 13.9. The standard InChI is InChI=1S/C16H24ClN3O3S/c1-2-3-7-18-16(21)13-19-8-10-20(11-9-19)24(22,23)15-6-4-5-14(17)12-15/h4-6,12H,2-3,7-11,13H2,1H3,(H,18,21)/p+1. The van der Waals surface area contributed by atoms with Gasteiger partial charge in [-0.15, -0.1) is 0 Å². The van der Waals surface area contributed by atoms with Crippen molar-refractivity contribution in [3.8, 4) is 0 Å². The average molecular weight is 375 g/mol. The SMILES string of the molecule is CCCCNC(=O)C[NH+]1CCN(S(=O)(=O)c2cccc(Cl)c2)CC1. The van der Waals surface area contributed by atoms with Crippen molar-refractivity contribution in [3.05, 3.63) is 29.3 Å². The minimum Gasteiger partial charge on any atom is -0.351 e. The van der Waals surface area contributed by atoms with Crippen LogP contribution in [0.5, 0.6) is 0 Å². The van der Waals surface area contributed by atoms with Gasteiger partial charge in [0.2, 0.25) is 10.0 Å². The maximum Gasteiger partial charge on any atom is 0.275 e. The highest BCUT2D eigenvalue weighted by Crippen LogP contribution is 2.19. The van der Waals surface area contributed by atoms with E-state index in [1.54, 1.807) is 18.2 Å². The Morgan fingerprint density at radius 3 is 2.67 bits per heavy atom. The number of rotatable bonds is 7. The molecular formula is C16H25ClN3O3S+. The molecule has 0 spiro atoms. The van der Waals surface area contributed by atoms with E-state index in [1.807, 2.05) is 0 Å². The monoisotopic (exact) mass is 374 g/mol. The number of hydrogen-bond donors (Lipinski definition) is 2. The largest absolute Gasteiger partial charge is 0.351 e. The summed E-state index contributed by atoms with van der Waals surface area (Å²) in [6.45, 7) is 5.25. The molecule has 0 bridgehead atoms. The highest BCUT2D eigenvalue weighted by Gasteiger charge is 2.31. The highest BCUT2D eigenvalue weighted by molar-refractivity contribution is 7.89. The van der Waals surface area contributed by atoms with Crippen molar-refractivity contribution < 1.29 is 18.1 Å². The molecule has 0 aromatic heterocycles. The molecule has 1 aliphatic heterocycles. The summed E-state index contributed by atoms with van der Waals surface area (Å²) < 4.78 is 26.7. The van der Waals surface area contributed by atoms with Gasteiger partial charge in [0, 0.05) is 11.6 Å². The van der Waals surface area contributed by atoms with Gasteiger partial charge in [0.1, 0.15) is 0 Å². The molecule has 0 saturated carbocycles. The molecule has 0 unspecified atom stereocenters. The first-order valence-electron chi connectivity index (χ1n) is 8.29. The van der Waals surface area contributed by atoms with Gasteiger partial charge in [-0.2, -0.15) is 4.31 Å². The molecule has 1 heterocycles. The lowest BCUT2D eigenvalue weighted by Gasteiger charge is -2.31. The maximum atomic E-state index is 12.6. The first kappa shape index (κ1) is 19.2. The van der Waals surface area contributed by atoms with Gasteiger partial charge in [0.15, 0.2) is 6.54 Å². The number of halogens is 1. The fourth-order valence-corrected chi connectivity index (χ4v) is 4.43. The predicted octanol–water partition coefficient (Wildman–Crippen LogP) is 0.146. The first-order chi connectivity index (χ1) is 11.4. The van der Waals surface area contributed by atoms with E-state index in [0.29, 0.717) is 44.3 Å². The summed E-state index contributed by atoms with van der Waals surface area (Å²) in [5.74, 6) is 0.0320. The molecule has 2 rings (SSSR count). The van der Waals surface area contributed by atoms with E-state index in [9.17, 15) is 13.2 Å². The van der Waals surface area contributed by atoms with Crippen molar-refractivity contribution in [2.45, 2.75) is 24.7 Å². The van der Waals surface area contributed by atoms with Crippen LogP contribution >= 0.6 is 11.6 Å². The molecule has 1 amide bonds. The van der Waals surface area contributed by atoms with Gasteiger partial charge in [-0.1, -0.05) is 31.0 Å². The molecule has 2 N–H and O–H groups in total. The van der Waals surface area contributed by atoms with Crippen LogP contribution in [0.4, 0.5) is 0 Å². The second-order valence-corrected chi connectivity index (χ2v) is 8.37. The second kappa shape index (κ2) is 8.80. The summed E-state index contributed by atoms with van der Waals surface area (Å²) in [4.78, 5) is 13.2. The van der Waals surface area contributed by atoms with E-state index in [1.165, 1.54) is 10.4 Å². The van der Waals surface area contributed by atoms with Crippen LogP contribution in [0.3, 0.4) is 0 Å². The molecule has 0 atom stereocenters. The summed E-state index contributed by atoms with van der Waals surface area (Å²) in [6.07, 6.45) is 2.03. The molecule has 134 valence electrons. The lowest BCUT2D eigenvalue weighted by molar-refractivity contribution is -0.895. The molecule has 8 heteroatoms. The topological polar surface area (TPSA) is 70.9 Å². The van der Waals surface area contributed by atoms with Crippen molar-refractivity contribution in [3.63, 3.8) is 0 Å². The predicted molar refractivity (Wildman–Crippen MR) is 93.7 cm³/mol. The van der Waals surface area contributed by atoms with Crippen LogP contribution in [0.25, 0.3) is 0 Å². The van der Waals surface area contributed by atoms with Crippen molar-refractivity contribution in [2.24, 2.45) is 0 Å². The molecule has 6 nitrogen and oxygen atoms in total. The van der Waals surface area contributed by atoms with E-state index in [0.717, 1.165) is 17.7 Å². The van der Waals surface area contributed by atoms with Crippen molar-refractivity contribution >= 4 is 27.5 Å². The van der Waals surface area contributed by atoms with Gasteiger partial charge in [-0.3, -0.25) is 4.79 Å². The average Bonchev–Trinajstić information content (AvgIpc) is 2.55. The van der Waals surface area contributed by atoms with Gasteiger partial charge >= 0.3 is 0 Å². The Labute approximate surface area is 148 Å². The zero-order chi connectivity index (χ0) is 17.6. The van der Waals surface area contributed by atoms with Gasteiger partial charge < -0.3 is 10.2 Å². The third-order valence-electron chi connectivity index (χ3n) is 4.13. The van der Waals surface area contributed by atoms with Gasteiger partial charge in [0.05, 0.1) is 31.1 Å². The number of amides is 1. The number of carbonyl (C=O) groups is 1. The number of nitrogens with one attached hydrogen (secondary N) is 2. The fourth-order valence-electron chi connectivity index (χ4n) is 2.69. The lowest BCUT2D eigenvalue weighted by atomic mass is 10.3. The Balaban J connectivity index is 1.87. The quantitative estimate of drug-likeness (QED) is 0.667. The minimum absolute atomic E-state index is 0.0320. The molecule has 1 aliphatic rings. The second-order valence-electron chi connectivity index (χ2n) is 5.99. The van der Waals surface area contributed by atoms with Crippen LogP contribution in [-0.4, -0.2) is 57.9 Å². The smallest absolute Gasteiger partial charge is 0.275 e. The molecule has 1 aromatic carbocycles. The Kier molecular flexibility index (Phi) is 7.03. The molecule has 1 fully saturated rings. The van der Waals surface area contributed by atoms with Crippen molar-refractivity contribution in [1.29, 1.82) is 0 Å². The normalized spacial score (nSPS) is 16.9. The van der Waals surface area contributed by atoms with Crippen LogP contribution < -0.4 is 10.2 Å². The van der Waals surface area contributed by atoms with Crippen LogP contribution in [0, 0.1) is 0 Å². The number of nitrogens with zero attached hydrogens (tertiary/aromatic N) is 1. The van der Waals surface area contributed by atoms with Gasteiger partial charge in [-0.25, -0.2) is 8.42 Å². The number of hydrogen-bond acceptors (Lipinski definition) is 3. The van der Waals surface area contributed by atoms with E-state index in [4.69, 9.17) is 11.6 Å². The molecule has 1 aromatic rings. The highest BCUT2D eigenvalue weighted by atomic mass is 35.5. The van der Waals surface area contributed by atoms with Crippen molar-refractivity contribution in [2.75, 3.05) is 39.3 Å². The molecule has 24 heavy (non-hydrogen) atoms. The van der Waals surface area contributed by atoms with Crippen LogP contribution in [0.1, 0.15) is 19.8 Å². The molecule has 0 radical (unpaired) electrons. The first-order valence-corrected chi connectivity index (χ1v) is 10.1. The Morgan fingerprint density at radius 1 is 1.33 bits per heavy atom. The Morgan fingerprint density at radius 2 is 2.04 bits per heavy atom. The fraction of sp³-hybridized carbons (Fsp3) is 0.562. The summed E-state index contributed by atoms with van der Waals surface area (Å²) in [6, 6.07) is 6.32. The Bertz CT molecular complexity index is 658. The molecule has 1 saturated heterocycles. The maximum absolute atomic E-state index is 12.6. The number of unbranched alkanes of at least 4 members (excludes halogenated alkanes) is 1. The lowest BCUT2D eigenvalue weighted by Crippen LogP contribution is -3.15. The third kappa shape index (κ3) is 5.17. The molecule has 0 aliphatic carbocycles. The van der Waals surface area contributed by atoms with Crippen LogP contribution in [0.2, 0.25) is 5.02 Å². The summed E-state index contributed by atoms with van der Waals surface area (Å²) in [7, 11) is -3.52. The van der Waals surface area contributed by atoms with E-state index < -0.39 is 10.0 Å². The summed E-state index contributed by atoms with van der Waals surface area (Å²) >= 11 is 5.89. The zero-order valence-corrected chi connectivity index (χ0v) is 15.5. The van der Waals surface area contributed by atoms with E-state index in [2.05, 4.69) is 12.2 Å². The summed E-state index contributed by atoms with van der Waals surface area (Å²) in [5.41, 5.74) is 0.